The molecule has 1 aliphatic rings. The molecular weight excluding hydrogens is 248 g/mol. The summed E-state index contributed by atoms with van der Waals surface area (Å²) in [5, 5.41) is 3.45. The van der Waals surface area contributed by atoms with Gasteiger partial charge in [-0.1, -0.05) is 19.1 Å². The van der Waals surface area contributed by atoms with Crippen LogP contribution in [0, 0.1) is 13.8 Å². The van der Waals surface area contributed by atoms with E-state index in [0.29, 0.717) is 6.04 Å². The van der Waals surface area contributed by atoms with Gasteiger partial charge >= 0.3 is 0 Å². The van der Waals surface area contributed by atoms with Gasteiger partial charge < -0.3 is 10.1 Å². The molecule has 20 heavy (non-hydrogen) atoms. The summed E-state index contributed by atoms with van der Waals surface area (Å²) in [7, 11) is 0. The number of rotatable bonds is 7. The highest BCUT2D eigenvalue weighted by Crippen LogP contribution is 2.19. The first-order chi connectivity index (χ1) is 9.70. The molecule has 1 aliphatic heterocycles. The maximum Gasteiger partial charge on any atom is 0.122 e. The zero-order valence-electron chi connectivity index (χ0n) is 13.1. The van der Waals surface area contributed by atoms with Crippen LogP contribution in [0.4, 0.5) is 0 Å². The Labute approximate surface area is 123 Å². The summed E-state index contributed by atoms with van der Waals surface area (Å²) in [5.41, 5.74) is 2.48. The standard InChI is InChI=1S/C17H28N2O/c1-4-9-19(16-7-8-18-13-16)10-11-20-17-12-14(2)5-6-15(17)3/h5-6,12,16,18H,4,7-11,13H2,1-3H3. The molecule has 1 heterocycles. The Morgan fingerprint density at radius 3 is 2.85 bits per heavy atom. The van der Waals surface area contributed by atoms with Crippen molar-refractivity contribution in [2.45, 2.75) is 39.7 Å². The first-order valence-corrected chi connectivity index (χ1v) is 7.85. The van der Waals surface area contributed by atoms with Gasteiger partial charge in [-0.2, -0.15) is 0 Å². The highest BCUT2D eigenvalue weighted by molar-refractivity contribution is 5.35. The molecule has 0 radical (unpaired) electrons. The molecule has 3 nitrogen and oxygen atoms in total. The quantitative estimate of drug-likeness (QED) is 0.829. The number of nitrogens with zero attached hydrogens (tertiary/aromatic N) is 1. The molecule has 1 aromatic carbocycles. The average molecular weight is 276 g/mol. The van der Waals surface area contributed by atoms with Crippen LogP contribution >= 0.6 is 0 Å². The third-order valence-electron chi connectivity index (χ3n) is 4.04. The first-order valence-electron chi connectivity index (χ1n) is 7.85. The van der Waals surface area contributed by atoms with Crippen molar-refractivity contribution in [3.05, 3.63) is 29.3 Å². The number of benzene rings is 1. The number of hydrogen-bond donors (Lipinski definition) is 1. The monoisotopic (exact) mass is 276 g/mol. The van der Waals surface area contributed by atoms with E-state index in [1.165, 1.54) is 30.5 Å². The van der Waals surface area contributed by atoms with E-state index >= 15 is 0 Å². The second-order valence-electron chi connectivity index (χ2n) is 5.80. The van der Waals surface area contributed by atoms with Gasteiger partial charge in [0.25, 0.3) is 0 Å². The van der Waals surface area contributed by atoms with Crippen molar-refractivity contribution in [2.75, 3.05) is 32.8 Å². The van der Waals surface area contributed by atoms with E-state index in [-0.39, 0.29) is 0 Å². The van der Waals surface area contributed by atoms with E-state index in [0.717, 1.165) is 32.0 Å². The van der Waals surface area contributed by atoms with Crippen LogP contribution in [0.15, 0.2) is 18.2 Å². The molecule has 0 spiro atoms. The second-order valence-corrected chi connectivity index (χ2v) is 5.80. The topological polar surface area (TPSA) is 24.5 Å². The molecule has 1 fully saturated rings. The molecule has 3 heteroatoms. The fourth-order valence-electron chi connectivity index (χ4n) is 2.85. The highest BCUT2D eigenvalue weighted by Gasteiger charge is 2.21. The summed E-state index contributed by atoms with van der Waals surface area (Å²) in [4.78, 5) is 2.57. The largest absolute Gasteiger partial charge is 0.492 e. The van der Waals surface area contributed by atoms with E-state index in [1.54, 1.807) is 0 Å². The Balaban J connectivity index is 1.84. The van der Waals surface area contributed by atoms with Crippen molar-refractivity contribution in [1.82, 2.24) is 10.2 Å². The van der Waals surface area contributed by atoms with Gasteiger partial charge in [-0.15, -0.1) is 0 Å². The van der Waals surface area contributed by atoms with E-state index in [4.69, 9.17) is 4.74 Å². The van der Waals surface area contributed by atoms with Crippen molar-refractivity contribution < 1.29 is 4.74 Å². The molecule has 0 aliphatic carbocycles. The second kappa shape index (κ2) is 7.65. The minimum Gasteiger partial charge on any atom is -0.492 e. The summed E-state index contributed by atoms with van der Waals surface area (Å²) >= 11 is 0. The number of aryl methyl sites for hydroxylation is 2. The zero-order chi connectivity index (χ0) is 14.4. The molecule has 1 aromatic rings. The third kappa shape index (κ3) is 4.22. The van der Waals surface area contributed by atoms with Crippen LogP contribution in [0.5, 0.6) is 5.75 Å². The molecule has 0 bridgehead atoms. The molecule has 1 unspecified atom stereocenters. The molecule has 0 amide bonds. The minimum atomic E-state index is 0.692. The van der Waals surface area contributed by atoms with Crippen LogP contribution < -0.4 is 10.1 Å². The predicted octanol–water partition coefficient (Wildman–Crippen LogP) is 2.76. The van der Waals surface area contributed by atoms with Gasteiger partial charge in [-0.25, -0.2) is 0 Å². The van der Waals surface area contributed by atoms with Crippen molar-refractivity contribution in [3.8, 4) is 5.75 Å². The molecular formula is C17H28N2O. The van der Waals surface area contributed by atoms with Crippen molar-refractivity contribution in [1.29, 1.82) is 0 Å². The highest BCUT2D eigenvalue weighted by atomic mass is 16.5. The van der Waals surface area contributed by atoms with Crippen LogP contribution in [-0.4, -0.2) is 43.7 Å². The van der Waals surface area contributed by atoms with Gasteiger partial charge in [0.05, 0.1) is 0 Å². The van der Waals surface area contributed by atoms with Crippen LogP contribution in [0.25, 0.3) is 0 Å². The van der Waals surface area contributed by atoms with Crippen molar-refractivity contribution >= 4 is 0 Å². The van der Waals surface area contributed by atoms with Gasteiger partial charge in [0.1, 0.15) is 12.4 Å². The Bertz CT molecular complexity index is 413. The molecule has 2 rings (SSSR count). The molecule has 1 saturated heterocycles. The van der Waals surface area contributed by atoms with Crippen LogP contribution in [-0.2, 0) is 0 Å². The third-order valence-corrected chi connectivity index (χ3v) is 4.04. The maximum absolute atomic E-state index is 5.99. The lowest BCUT2D eigenvalue weighted by molar-refractivity contribution is 0.167. The SMILES string of the molecule is CCCN(CCOc1cc(C)ccc1C)C1CCNC1. The summed E-state index contributed by atoms with van der Waals surface area (Å²) in [6, 6.07) is 7.10. The van der Waals surface area contributed by atoms with Gasteiger partial charge in [-0.3, -0.25) is 4.90 Å². The number of hydrogen-bond acceptors (Lipinski definition) is 3. The lowest BCUT2D eigenvalue weighted by Gasteiger charge is -2.27. The summed E-state index contributed by atoms with van der Waals surface area (Å²) in [6.45, 7) is 11.7. The fraction of sp³-hybridized carbons (Fsp3) is 0.647. The molecule has 0 saturated carbocycles. The Hall–Kier alpha value is -1.06. The zero-order valence-corrected chi connectivity index (χ0v) is 13.1. The Morgan fingerprint density at radius 1 is 1.30 bits per heavy atom. The summed E-state index contributed by atoms with van der Waals surface area (Å²) < 4.78 is 5.99. The van der Waals surface area contributed by atoms with Crippen LogP contribution in [0.2, 0.25) is 0 Å². The van der Waals surface area contributed by atoms with E-state index in [9.17, 15) is 0 Å². The van der Waals surface area contributed by atoms with Gasteiger partial charge in [0, 0.05) is 19.1 Å². The molecule has 0 aromatic heterocycles. The number of ether oxygens (including phenoxy) is 1. The van der Waals surface area contributed by atoms with Gasteiger partial charge in [0.2, 0.25) is 0 Å². The molecule has 1 atom stereocenters. The normalized spacial score (nSPS) is 18.7. The summed E-state index contributed by atoms with van der Waals surface area (Å²) in [5.74, 6) is 1.03. The Morgan fingerprint density at radius 2 is 2.15 bits per heavy atom. The smallest absolute Gasteiger partial charge is 0.122 e. The van der Waals surface area contributed by atoms with E-state index in [1.807, 2.05) is 0 Å². The minimum absolute atomic E-state index is 0.692. The van der Waals surface area contributed by atoms with Crippen molar-refractivity contribution in [2.24, 2.45) is 0 Å². The molecule has 1 N–H and O–H groups in total. The number of nitrogens with one attached hydrogen (secondary N) is 1. The fourth-order valence-corrected chi connectivity index (χ4v) is 2.85. The van der Waals surface area contributed by atoms with E-state index < -0.39 is 0 Å². The maximum atomic E-state index is 5.99. The lowest BCUT2D eigenvalue weighted by Crippen LogP contribution is -2.40. The van der Waals surface area contributed by atoms with E-state index in [2.05, 4.69) is 49.2 Å². The van der Waals surface area contributed by atoms with Gasteiger partial charge in [0.15, 0.2) is 0 Å². The predicted molar refractivity (Wildman–Crippen MR) is 84.5 cm³/mol. The average Bonchev–Trinajstić information content (AvgIpc) is 2.95. The molecule has 112 valence electrons. The van der Waals surface area contributed by atoms with Crippen molar-refractivity contribution in [3.63, 3.8) is 0 Å². The lowest BCUT2D eigenvalue weighted by atomic mass is 10.1. The first kappa shape index (κ1) is 15.3. The van der Waals surface area contributed by atoms with Crippen LogP contribution in [0.3, 0.4) is 0 Å². The van der Waals surface area contributed by atoms with Gasteiger partial charge in [-0.05, 0) is 57.0 Å². The van der Waals surface area contributed by atoms with Crippen LogP contribution in [0.1, 0.15) is 30.9 Å². The summed E-state index contributed by atoms with van der Waals surface area (Å²) in [6.07, 6.45) is 2.48. The Kier molecular flexibility index (Phi) is 5.86.